The van der Waals surface area contributed by atoms with Gasteiger partial charge in [-0.25, -0.2) is 0 Å². The van der Waals surface area contributed by atoms with Gasteiger partial charge < -0.3 is 0 Å². The summed E-state index contributed by atoms with van der Waals surface area (Å²) in [5.74, 6) is 3.48. The molecule has 2 aliphatic heterocycles. The van der Waals surface area contributed by atoms with Gasteiger partial charge in [0.1, 0.15) is 0 Å². The highest BCUT2D eigenvalue weighted by Crippen LogP contribution is 2.36. The summed E-state index contributed by atoms with van der Waals surface area (Å²) >= 11 is 0. The van der Waals surface area contributed by atoms with E-state index in [1.54, 1.807) is 0 Å². The molecule has 2 aliphatic rings. The average molecular weight is 231 g/mol. The van der Waals surface area contributed by atoms with E-state index in [2.05, 4.69) is 23.8 Å². The molecule has 1 heteroatoms. The van der Waals surface area contributed by atoms with Crippen molar-refractivity contribution in [3.63, 3.8) is 0 Å². The smallest absolute Gasteiger partial charge is 0.0124 e. The molecule has 0 aromatic heterocycles. The summed E-state index contributed by atoms with van der Waals surface area (Å²) in [4.78, 5) is 2.80. The first-order valence-electron chi connectivity index (χ1n) is 7.20. The van der Waals surface area contributed by atoms with E-state index in [4.69, 9.17) is 6.42 Å². The zero-order valence-corrected chi connectivity index (χ0v) is 11.1. The van der Waals surface area contributed by atoms with Crippen LogP contribution in [0, 0.1) is 18.3 Å². The van der Waals surface area contributed by atoms with Crippen LogP contribution in [0.4, 0.5) is 0 Å². The Kier molecular flexibility index (Phi) is 4.68. The van der Waals surface area contributed by atoms with E-state index in [1.165, 1.54) is 45.1 Å². The van der Waals surface area contributed by atoms with Gasteiger partial charge in [0.05, 0.1) is 0 Å². The number of allylic oxidation sites excluding steroid dienone is 2. The Morgan fingerprint density at radius 3 is 3.06 bits per heavy atom. The van der Waals surface area contributed by atoms with Crippen molar-refractivity contribution in [2.75, 3.05) is 6.54 Å². The highest BCUT2D eigenvalue weighted by Gasteiger charge is 2.37. The van der Waals surface area contributed by atoms with E-state index < -0.39 is 0 Å². The first-order valence-corrected chi connectivity index (χ1v) is 7.20. The second kappa shape index (κ2) is 6.26. The molecule has 0 aliphatic carbocycles. The lowest BCUT2D eigenvalue weighted by molar-refractivity contribution is 0.0756. The van der Waals surface area contributed by atoms with E-state index >= 15 is 0 Å². The fourth-order valence-electron chi connectivity index (χ4n) is 3.63. The number of terminal acetylenes is 1. The van der Waals surface area contributed by atoms with E-state index in [0.29, 0.717) is 0 Å². The summed E-state index contributed by atoms with van der Waals surface area (Å²) < 4.78 is 0. The molecule has 0 spiro atoms. The summed E-state index contributed by atoms with van der Waals surface area (Å²) in [5.41, 5.74) is 0. The number of piperidine rings is 1. The molecule has 0 aromatic rings. The van der Waals surface area contributed by atoms with Crippen molar-refractivity contribution in [1.82, 2.24) is 4.90 Å². The highest BCUT2D eigenvalue weighted by atomic mass is 15.2. The SMILES string of the molecule is C#C/C=C\CCC[C@@H]1CC[C@@H](C)[C@@H]2CCCN12. The molecule has 2 rings (SSSR count). The first-order chi connectivity index (χ1) is 8.33. The van der Waals surface area contributed by atoms with Gasteiger partial charge in [0.25, 0.3) is 0 Å². The van der Waals surface area contributed by atoms with Crippen LogP contribution in [0.15, 0.2) is 12.2 Å². The Hall–Kier alpha value is -0.740. The Morgan fingerprint density at radius 1 is 1.35 bits per heavy atom. The molecule has 0 bridgehead atoms. The molecular weight excluding hydrogens is 206 g/mol. The molecule has 0 unspecified atom stereocenters. The lowest BCUT2D eigenvalue weighted by Gasteiger charge is -2.41. The van der Waals surface area contributed by atoms with Gasteiger partial charge in [-0.2, -0.15) is 0 Å². The van der Waals surface area contributed by atoms with E-state index in [-0.39, 0.29) is 0 Å². The van der Waals surface area contributed by atoms with Crippen LogP contribution in [-0.4, -0.2) is 23.5 Å². The Bertz CT molecular complexity index is 299. The van der Waals surface area contributed by atoms with Gasteiger partial charge in [0, 0.05) is 12.1 Å². The molecule has 0 aromatic carbocycles. The maximum Gasteiger partial charge on any atom is 0.0124 e. The van der Waals surface area contributed by atoms with Gasteiger partial charge in [-0.3, -0.25) is 4.90 Å². The molecule has 3 atom stereocenters. The largest absolute Gasteiger partial charge is 0.297 e. The zero-order valence-electron chi connectivity index (χ0n) is 11.1. The molecule has 94 valence electrons. The summed E-state index contributed by atoms with van der Waals surface area (Å²) in [6.45, 7) is 3.79. The summed E-state index contributed by atoms with van der Waals surface area (Å²) in [6.07, 6.45) is 18.7. The minimum absolute atomic E-state index is 0.859. The van der Waals surface area contributed by atoms with Crippen molar-refractivity contribution in [1.29, 1.82) is 0 Å². The van der Waals surface area contributed by atoms with Gasteiger partial charge in [0.2, 0.25) is 0 Å². The molecular formula is C16H25N. The molecule has 0 saturated carbocycles. The monoisotopic (exact) mass is 231 g/mol. The van der Waals surface area contributed by atoms with Gasteiger partial charge in [0.15, 0.2) is 0 Å². The predicted octanol–water partition coefficient (Wildman–Crippen LogP) is 3.61. The number of unbranched alkanes of at least 4 members (excludes halogenated alkanes) is 1. The number of hydrogen-bond acceptors (Lipinski definition) is 1. The topological polar surface area (TPSA) is 3.24 Å². The van der Waals surface area contributed by atoms with Gasteiger partial charge in [-0.15, -0.1) is 6.42 Å². The maximum absolute atomic E-state index is 5.19. The molecule has 0 amide bonds. The maximum atomic E-state index is 5.19. The van der Waals surface area contributed by atoms with E-state index in [0.717, 1.165) is 24.4 Å². The molecule has 0 radical (unpaired) electrons. The second-order valence-electron chi connectivity index (χ2n) is 5.66. The van der Waals surface area contributed by atoms with Crippen LogP contribution < -0.4 is 0 Å². The molecule has 17 heavy (non-hydrogen) atoms. The van der Waals surface area contributed by atoms with Gasteiger partial charge in [-0.05, 0) is 63.5 Å². The van der Waals surface area contributed by atoms with Crippen LogP contribution in [0.2, 0.25) is 0 Å². The minimum Gasteiger partial charge on any atom is -0.297 e. The van der Waals surface area contributed by atoms with Crippen LogP contribution in [0.5, 0.6) is 0 Å². The fraction of sp³-hybridized carbons (Fsp3) is 0.750. The second-order valence-corrected chi connectivity index (χ2v) is 5.66. The number of nitrogens with zero attached hydrogens (tertiary/aromatic N) is 1. The molecule has 1 nitrogen and oxygen atoms in total. The highest BCUT2D eigenvalue weighted by molar-refractivity contribution is 5.08. The van der Waals surface area contributed by atoms with Crippen molar-refractivity contribution in [3.05, 3.63) is 12.2 Å². The number of rotatable bonds is 4. The lowest BCUT2D eigenvalue weighted by atomic mass is 9.85. The molecule has 2 fully saturated rings. The predicted molar refractivity (Wildman–Crippen MR) is 73.7 cm³/mol. The summed E-state index contributed by atoms with van der Waals surface area (Å²) in [7, 11) is 0. The molecule has 2 heterocycles. The Labute approximate surface area is 106 Å². The summed E-state index contributed by atoms with van der Waals surface area (Å²) in [5, 5.41) is 0. The van der Waals surface area contributed by atoms with Crippen LogP contribution in [0.1, 0.15) is 51.9 Å². The van der Waals surface area contributed by atoms with Crippen molar-refractivity contribution in [2.45, 2.75) is 64.0 Å². The standard InChI is InChI=1S/C16H25N/c1-3-4-5-6-7-9-15-12-11-14(2)16-10-8-13-17(15)16/h1,4-5,14-16H,6-13H2,2H3/b5-4-/t14-,15-,16+/m1/s1. The number of fused-ring (bicyclic) bond motifs is 1. The molecule has 2 saturated heterocycles. The van der Waals surface area contributed by atoms with Gasteiger partial charge in [-0.1, -0.05) is 18.9 Å². The number of hydrogen-bond donors (Lipinski definition) is 0. The Morgan fingerprint density at radius 2 is 2.24 bits per heavy atom. The minimum atomic E-state index is 0.859. The van der Waals surface area contributed by atoms with Crippen molar-refractivity contribution < 1.29 is 0 Å². The van der Waals surface area contributed by atoms with Crippen LogP contribution in [0.3, 0.4) is 0 Å². The van der Waals surface area contributed by atoms with Crippen LogP contribution in [-0.2, 0) is 0 Å². The third kappa shape index (κ3) is 3.13. The lowest BCUT2D eigenvalue weighted by Crippen LogP contribution is -2.46. The first kappa shape index (κ1) is 12.7. The van der Waals surface area contributed by atoms with Gasteiger partial charge >= 0.3 is 0 Å². The van der Waals surface area contributed by atoms with Crippen molar-refractivity contribution >= 4 is 0 Å². The normalized spacial score (nSPS) is 33.8. The Balaban J connectivity index is 1.77. The third-order valence-electron chi connectivity index (χ3n) is 4.55. The fourth-order valence-corrected chi connectivity index (χ4v) is 3.63. The molecule has 0 N–H and O–H groups in total. The average Bonchev–Trinajstić information content (AvgIpc) is 2.81. The van der Waals surface area contributed by atoms with Crippen LogP contribution in [0.25, 0.3) is 0 Å². The van der Waals surface area contributed by atoms with Crippen LogP contribution >= 0.6 is 0 Å². The summed E-state index contributed by atoms with van der Waals surface area (Å²) in [6, 6.07) is 1.76. The third-order valence-corrected chi connectivity index (χ3v) is 4.55. The van der Waals surface area contributed by atoms with E-state index in [9.17, 15) is 0 Å². The zero-order chi connectivity index (χ0) is 12.1. The van der Waals surface area contributed by atoms with Crippen molar-refractivity contribution in [3.8, 4) is 12.3 Å². The quantitative estimate of drug-likeness (QED) is 0.528. The van der Waals surface area contributed by atoms with E-state index in [1.807, 2.05) is 6.08 Å². The van der Waals surface area contributed by atoms with Crippen molar-refractivity contribution in [2.24, 2.45) is 5.92 Å².